The Bertz CT molecular complexity index is 137. The molecule has 2 aliphatic carbocycles. The lowest BCUT2D eigenvalue weighted by molar-refractivity contribution is 0.124. The summed E-state index contributed by atoms with van der Waals surface area (Å²) in [5, 5.41) is 12.9. The number of hydrogen-bond acceptors (Lipinski definition) is 2. The molecule has 0 aromatic heterocycles. The zero-order valence-corrected chi connectivity index (χ0v) is 6.38. The summed E-state index contributed by atoms with van der Waals surface area (Å²) < 4.78 is 0. The van der Waals surface area contributed by atoms with E-state index >= 15 is 0 Å². The molecule has 4 atom stereocenters. The van der Waals surface area contributed by atoms with Gasteiger partial charge in [0.25, 0.3) is 0 Å². The van der Waals surface area contributed by atoms with Gasteiger partial charge in [-0.15, -0.1) is 0 Å². The summed E-state index contributed by atoms with van der Waals surface area (Å²) in [6.07, 6.45) is 3.70. The quantitative estimate of drug-likeness (QED) is 0.553. The van der Waals surface area contributed by atoms with Crippen LogP contribution in [0.1, 0.15) is 19.3 Å². The molecule has 0 amide bonds. The fourth-order valence-corrected chi connectivity index (χ4v) is 2.63. The van der Waals surface area contributed by atoms with E-state index in [0.29, 0.717) is 17.9 Å². The number of aliphatic hydroxyl groups is 1. The summed E-state index contributed by atoms with van der Waals surface area (Å²) in [5.74, 6) is 1.18. The highest BCUT2D eigenvalue weighted by molar-refractivity contribution is 4.99. The largest absolute Gasteiger partial charge is 0.392 e. The van der Waals surface area contributed by atoms with Gasteiger partial charge in [-0.05, 0) is 32.2 Å². The molecule has 0 aromatic carbocycles. The first-order valence-corrected chi connectivity index (χ1v) is 4.18. The third-order valence-electron chi connectivity index (χ3n) is 3.24. The normalized spacial score (nSPS) is 52.2. The summed E-state index contributed by atoms with van der Waals surface area (Å²) >= 11 is 0. The summed E-state index contributed by atoms with van der Waals surface area (Å²) in [7, 11) is 2.00. The van der Waals surface area contributed by atoms with Gasteiger partial charge in [-0.1, -0.05) is 0 Å². The van der Waals surface area contributed by atoms with E-state index in [1.165, 1.54) is 19.3 Å². The molecule has 2 heteroatoms. The van der Waals surface area contributed by atoms with Gasteiger partial charge in [0, 0.05) is 12.0 Å². The Hall–Kier alpha value is -0.0800. The van der Waals surface area contributed by atoms with Crippen LogP contribution in [0.25, 0.3) is 0 Å². The van der Waals surface area contributed by atoms with Crippen LogP contribution in [0.4, 0.5) is 0 Å². The third-order valence-corrected chi connectivity index (χ3v) is 3.24. The number of nitrogens with one attached hydrogen (secondary N) is 1. The highest BCUT2D eigenvalue weighted by Crippen LogP contribution is 2.44. The SMILES string of the molecule is CNC1CC2CCC1C2O. The van der Waals surface area contributed by atoms with Gasteiger partial charge in [-0.25, -0.2) is 0 Å². The van der Waals surface area contributed by atoms with Crippen LogP contribution >= 0.6 is 0 Å². The van der Waals surface area contributed by atoms with Crippen molar-refractivity contribution in [2.75, 3.05) is 7.05 Å². The predicted molar refractivity (Wildman–Crippen MR) is 39.7 cm³/mol. The lowest BCUT2D eigenvalue weighted by Crippen LogP contribution is -2.32. The van der Waals surface area contributed by atoms with E-state index in [0.717, 1.165) is 0 Å². The van der Waals surface area contributed by atoms with Crippen molar-refractivity contribution < 1.29 is 5.11 Å². The minimum Gasteiger partial charge on any atom is -0.392 e. The van der Waals surface area contributed by atoms with Crippen molar-refractivity contribution >= 4 is 0 Å². The Kier molecular flexibility index (Phi) is 1.46. The topological polar surface area (TPSA) is 32.3 Å². The van der Waals surface area contributed by atoms with E-state index in [1.54, 1.807) is 0 Å². The van der Waals surface area contributed by atoms with Gasteiger partial charge in [0.15, 0.2) is 0 Å². The molecule has 4 unspecified atom stereocenters. The molecule has 2 rings (SSSR count). The highest BCUT2D eigenvalue weighted by Gasteiger charge is 2.46. The first kappa shape index (κ1) is 6.62. The molecule has 10 heavy (non-hydrogen) atoms. The maximum Gasteiger partial charge on any atom is 0.0611 e. The Morgan fingerprint density at radius 1 is 1.40 bits per heavy atom. The Balaban J connectivity index is 2.08. The second-order valence-electron chi connectivity index (χ2n) is 3.62. The molecule has 2 N–H and O–H groups in total. The summed E-state index contributed by atoms with van der Waals surface area (Å²) in [4.78, 5) is 0. The number of aliphatic hydroxyl groups excluding tert-OH is 1. The van der Waals surface area contributed by atoms with Crippen LogP contribution in [0.15, 0.2) is 0 Å². The fraction of sp³-hybridized carbons (Fsp3) is 1.00. The Morgan fingerprint density at radius 3 is 2.50 bits per heavy atom. The summed E-state index contributed by atoms with van der Waals surface area (Å²) in [6, 6.07) is 0.605. The lowest BCUT2D eigenvalue weighted by atomic mass is 9.96. The second-order valence-corrected chi connectivity index (χ2v) is 3.62. The molecule has 0 aromatic rings. The van der Waals surface area contributed by atoms with Crippen LogP contribution in [0.3, 0.4) is 0 Å². The molecule has 2 aliphatic rings. The molecule has 2 saturated carbocycles. The zero-order chi connectivity index (χ0) is 7.14. The molecule has 0 radical (unpaired) electrons. The molecule has 2 nitrogen and oxygen atoms in total. The maximum atomic E-state index is 9.59. The van der Waals surface area contributed by atoms with Gasteiger partial charge in [0.2, 0.25) is 0 Å². The van der Waals surface area contributed by atoms with Gasteiger partial charge in [-0.3, -0.25) is 0 Å². The molecule has 0 heterocycles. The molecule has 2 fully saturated rings. The van der Waals surface area contributed by atoms with Crippen molar-refractivity contribution in [2.45, 2.75) is 31.4 Å². The zero-order valence-electron chi connectivity index (χ0n) is 6.38. The van der Waals surface area contributed by atoms with Crippen molar-refractivity contribution in [3.63, 3.8) is 0 Å². The lowest BCUT2D eigenvalue weighted by Gasteiger charge is -2.19. The van der Waals surface area contributed by atoms with Gasteiger partial charge in [-0.2, -0.15) is 0 Å². The predicted octanol–water partition coefficient (Wildman–Crippen LogP) is 0.365. The van der Waals surface area contributed by atoms with Crippen LogP contribution in [0.2, 0.25) is 0 Å². The minimum absolute atomic E-state index is 0.0115. The van der Waals surface area contributed by atoms with Crippen LogP contribution in [-0.2, 0) is 0 Å². The first-order chi connectivity index (χ1) is 4.83. The molecule has 0 saturated heterocycles. The van der Waals surface area contributed by atoms with E-state index in [1.807, 2.05) is 7.05 Å². The third kappa shape index (κ3) is 0.722. The minimum atomic E-state index is 0.0115. The first-order valence-electron chi connectivity index (χ1n) is 4.18. The van der Waals surface area contributed by atoms with Gasteiger partial charge >= 0.3 is 0 Å². The van der Waals surface area contributed by atoms with Crippen molar-refractivity contribution in [3.8, 4) is 0 Å². The van der Waals surface area contributed by atoms with E-state index in [2.05, 4.69) is 5.32 Å². The molecule has 0 spiro atoms. The fourth-order valence-electron chi connectivity index (χ4n) is 2.63. The van der Waals surface area contributed by atoms with E-state index < -0.39 is 0 Å². The Morgan fingerprint density at radius 2 is 2.20 bits per heavy atom. The smallest absolute Gasteiger partial charge is 0.0611 e. The number of fused-ring (bicyclic) bond motifs is 2. The molecular formula is C8H15NO. The average Bonchev–Trinajstić information content (AvgIpc) is 2.46. The second kappa shape index (κ2) is 2.21. The van der Waals surface area contributed by atoms with Crippen molar-refractivity contribution in [1.82, 2.24) is 5.32 Å². The Labute approximate surface area is 61.6 Å². The van der Waals surface area contributed by atoms with Crippen LogP contribution in [0.5, 0.6) is 0 Å². The van der Waals surface area contributed by atoms with E-state index in [4.69, 9.17) is 0 Å². The monoisotopic (exact) mass is 141 g/mol. The van der Waals surface area contributed by atoms with Crippen LogP contribution in [0, 0.1) is 11.8 Å². The van der Waals surface area contributed by atoms with Crippen LogP contribution < -0.4 is 5.32 Å². The maximum absolute atomic E-state index is 9.59. The standard InChI is InChI=1S/C8H15NO/c1-9-7-4-5-2-3-6(7)8(5)10/h5-10H,2-4H2,1H3. The van der Waals surface area contributed by atoms with E-state index in [-0.39, 0.29) is 6.10 Å². The van der Waals surface area contributed by atoms with Crippen molar-refractivity contribution in [2.24, 2.45) is 11.8 Å². The number of rotatable bonds is 1. The van der Waals surface area contributed by atoms with Gasteiger partial charge in [0.05, 0.1) is 6.10 Å². The summed E-state index contributed by atoms with van der Waals surface area (Å²) in [5.41, 5.74) is 0. The van der Waals surface area contributed by atoms with Gasteiger partial charge < -0.3 is 10.4 Å². The number of hydrogen-bond donors (Lipinski definition) is 2. The molecule has 2 bridgehead atoms. The van der Waals surface area contributed by atoms with Gasteiger partial charge in [0.1, 0.15) is 0 Å². The molecular weight excluding hydrogens is 126 g/mol. The van der Waals surface area contributed by atoms with E-state index in [9.17, 15) is 5.11 Å². The average molecular weight is 141 g/mol. The molecule has 0 aliphatic heterocycles. The summed E-state index contributed by atoms with van der Waals surface area (Å²) in [6.45, 7) is 0. The highest BCUT2D eigenvalue weighted by atomic mass is 16.3. The van der Waals surface area contributed by atoms with Crippen LogP contribution in [-0.4, -0.2) is 24.3 Å². The van der Waals surface area contributed by atoms with Crippen molar-refractivity contribution in [1.29, 1.82) is 0 Å². The molecule has 58 valence electrons. The van der Waals surface area contributed by atoms with Crippen molar-refractivity contribution in [3.05, 3.63) is 0 Å².